The van der Waals surface area contributed by atoms with Crippen LogP contribution in [0.2, 0.25) is 0 Å². The maximum atomic E-state index is 12.2. The van der Waals surface area contributed by atoms with Crippen LogP contribution < -0.4 is 0 Å². The van der Waals surface area contributed by atoms with Gasteiger partial charge in [0.25, 0.3) is 0 Å². The highest BCUT2D eigenvalue weighted by Gasteiger charge is 2.34. The summed E-state index contributed by atoms with van der Waals surface area (Å²) in [5.74, 6) is 2.49. The zero-order chi connectivity index (χ0) is 10.8. The van der Waals surface area contributed by atoms with Crippen LogP contribution in [0.3, 0.4) is 0 Å². The summed E-state index contributed by atoms with van der Waals surface area (Å²) in [6.07, 6.45) is 4.47. The zero-order valence-corrected chi connectivity index (χ0v) is 9.87. The number of carbonyl (C=O) groups excluding carboxylic acids is 1. The van der Waals surface area contributed by atoms with E-state index in [-0.39, 0.29) is 5.92 Å². The fraction of sp³-hybridized carbons (Fsp3) is 0.923. The minimum atomic E-state index is 0.215. The van der Waals surface area contributed by atoms with E-state index in [1.165, 1.54) is 6.42 Å². The van der Waals surface area contributed by atoms with Crippen LogP contribution in [0.25, 0.3) is 0 Å². The van der Waals surface area contributed by atoms with Crippen molar-refractivity contribution in [3.05, 3.63) is 0 Å². The number of carbonyl (C=O) groups is 1. The molecule has 3 unspecified atom stereocenters. The number of Topliss-reactive ketones (excluding diaryl/α,β-unsaturated/α-hetero) is 1. The van der Waals surface area contributed by atoms with E-state index in [1.54, 1.807) is 0 Å². The molecule has 1 saturated carbocycles. The van der Waals surface area contributed by atoms with Gasteiger partial charge in [0.05, 0.1) is 6.61 Å². The van der Waals surface area contributed by atoms with Gasteiger partial charge in [0.15, 0.2) is 0 Å². The average molecular weight is 210 g/mol. The van der Waals surface area contributed by atoms with E-state index in [2.05, 4.69) is 13.8 Å². The van der Waals surface area contributed by atoms with E-state index in [4.69, 9.17) is 4.74 Å². The van der Waals surface area contributed by atoms with Gasteiger partial charge in [-0.1, -0.05) is 13.8 Å². The molecule has 1 saturated heterocycles. The third-order valence-corrected chi connectivity index (χ3v) is 3.91. The maximum absolute atomic E-state index is 12.2. The molecule has 0 radical (unpaired) electrons. The van der Waals surface area contributed by atoms with Gasteiger partial charge in [-0.15, -0.1) is 0 Å². The normalized spacial score (nSPS) is 41.7. The highest BCUT2D eigenvalue weighted by Crippen LogP contribution is 2.35. The van der Waals surface area contributed by atoms with E-state index in [0.717, 1.165) is 37.7 Å². The number of hydrogen-bond donors (Lipinski definition) is 0. The lowest BCUT2D eigenvalue weighted by Gasteiger charge is -2.31. The molecule has 0 spiro atoms. The second-order valence-electron chi connectivity index (χ2n) is 5.58. The number of ether oxygens (including phenoxy) is 1. The predicted octanol–water partition coefficient (Wildman–Crippen LogP) is 2.66. The Hall–Kier alpha value is -0.370. The Labute approximate surface area is 92.4 Å². The minimum absolute atomic E-state index is 0.215. The highest BCUT2D eigenvalue weighted by atomic mass is 16.5. The van der Waals surface area contributed by atoms with Crippen LogP contribution in [-0.4, -0.2) is 19.0 Å². The van der Waals surface area contributed by atoms with Crippen LogP contribution in [0.1, 0.15) is 39.5 Å². The summed E-state index contributed by atoms with van der Waals surface area (Å²) in [7, 11) is 0. The molecule has 0 N–H and O–H groups in total. The smallest absolute Gasteiger partial charge is 0.141 e. The fourth-order valence-corrected chi connectivity index (χ4v) is 3.27. The van der Waals surface area contributed by atoms with Gasteiger partial charge in [0.1, 0.15) is 5.78 Å². The van der Waals surface area contributed by atoms with Crippen molar-refractivity contribution in [2.75, 3.05) is 13.2 Å². The van der Waals surface area contributed by atoms with Crippen molar-refractivity contribution in [3.63, 3.8) is 0 Å². The van der Waals surface area contributed by atoms with Gasteiger partial charge in [-0.3, -0.25) is 4.79 Å². The Balaban J connectivity index is 1.93. The second kappa shape index (κ2) is 4.65. The zero-order valence-electron chi connectivity index (χ0n) is 9.87. The first kappa shape index (κ1) is 11.1. The number of hydrogen-bond acceptors (Lipinski definition) is 2. The van der Waals surface area contributed by atoms with E-state index >= 15 is 0 Å². The minimum Gasteiger partial charge on any atom is -0.381 e. The van der Waals surface area contributed by atoms with Crippen LogP contribution in [-0.2, 0) is 9.53 Å². The van der Waals surface area contributed by atoms with Crippen molar-refractivity contribution in [2.24, 2.45) is 23.7 Å². The molecule has 0 amide bonds. The van der Waals surface area contributed by atoms with E-state index in [9.17, 15) is 4.79 Å². The topological polar surface area (TPSA) is 26.3 Å². The summed E-state index contributed by atoms with van der Waals surface area (Å²) in [6.45, 7) is 6.02. The van der Waals surface area contributed by atoms with E-state index < -0.39 is 0 Å². The molecule has 0 aromatic rings. The lowest BCUT2D eigenvalue weighted by atomic mass is 9.73. The van der Waals surface area contributed by atoms with Crippen molar-refractivity contribution in [1.29, 1.82) is 0 Å². The lowest BCUT2D eigenvalue weighted by Crippen LogP contribution is -2.30. The van der Waals surface area contributed by atoms with Crippen molar-refractivity contribution in [2.45, 2.75) is 39.5 Å². The Bertz CT molecular complexity index is 221. The summed E-state index contributed by atoms with van der Waals surface area (Å²) in [4.78, 5) is 12.2. The molecule has 1 aliphatic heterocycles. The molecular weight excluding hydrogens is 188 g/mol. The third kappa shape index (κ3) is 2.60. The van der Waals surface area contributed by atoms with E-state index in [1.807, 2.05) is 0 Å². The molecule has 1 heterocycles. The molecule has 2 rings (SSSR count). The summed E-state index contributed by atoms with van der Waals surface area (Å²) >= 11 is 0. The summed E-state index contributed by atoms with van der Waals surface area (Å²) in [6, 6.07) is 0. The van der Waals surface area contributed by atoms with Gasteiger partial charge in [-0.25, -0.2) is 0 Å². The Morgan fingerprint density at radius 3 is 2.27 bits per heavy atom. The van der Waals surface area contributed by atoms with Crippen molar-refractivity contribution in [1.82, 2.24) is 0 Å². The molecule has 2 nitrogen and oxygen atoms in total. The van der Waals surface area contributed by atoms with Crippen LogP contribution in [0.4, 0.5) is 0 Å². The SMILES string of the molecule is CC1CC(C)CC(C(=O)C2CCOC2)C1. The Morgan fingerprint density at radius 2 is 1.73 bits per heavy atom. The Kier molecular flexibility index (Phi) is 3.45. The lowest BCUT2D eigenvalue weighted by molar-refractivity contribution is -0.128. The number of ketones is 1. The molecule has 2 aliphatic rings. The van der Waals surface area contributed by atoms with Crippen LogP contribution in [0.15, 0.2) is 0 Å². The first-order valence-electron chi connectivity index (χ1n) is 6.28. The molecule has 0 aromatic carbocycles. The molecule has 2 heteroatoms. The molecule has 0 bridgehead atoms. The number of rotatable bonds is 2. The maximum Gasteiger partial charge on any atom is 0.141 e. The fourth-order valence-electron chi connectivity index (χ4n) is 3.27. The summed E-state index contributed by atoms with van der Waals surface area (Å²) in [5.41, 5.74) is 0. The van der Waals surface area contributed by atoms with Crippen LogP contribution in [0.5, 0.6) is 0 Å². The van der Waals surface area contributed by atoms with Gasteiger partial charge >= 0.3 is 0 Å². The van der Waals surface area contributed by atoms with Gasteiger partial charge in [-0.2, -0.15) is 0 Å². The standard InChI is InChI=1S/C13H22O2/c1-9-5-10(2)7-12(6-9)13(14)11-3-4-15-8-11/h9-12H,3-8H2,1-2H3. The quantitative estimate of drug-likeness (QED) is 0.700. The van der Waals surface area contributed by atoms with Crippen molar-refractivity contribution >= 4 is 5.78 Å². The van der Waals surface area contributed by atoms with Crippen molar-refractivity contribution < 1.29 is 9.53 Å². The first-order chi connectivity index (χ1) is 7.16. The molecule has 86 valence electrons. The van der Waals surface area contributed by atoms with E-state index in [0.29, 0.717) is 18.3 Å². The Morgan fingerprint density at radius 1 is 1.07 bits per heavy atom. The predicted molar refractivity (Wildman–Crippen MR) is 59.6 cm³/mol. The van der Waals surface area contributed by atoms with Gasteiger partial charge in [0, 0.05) is 18.4 Å². The van der Waals surface area contributed by atoms with Crippen molar-refractivity contribution in [3.8, 4) is 0 Å². The molecule has 0 aromatic heterocycles. The molecule has 15 heavy (non-hydrogen) atoms. The van der Waals surface area contributed by atoms with Gasteiger partial charge < -0.3 is 4.74 Å². The molecule has 1 aliphatic carbocycles. The summed E-state index contributed by atoms with van der Waals surface area (Å²) < 4.78 is 5.30. The molecular formula is C13H22O2. The largest absolute Gasteiger partial charge is 0.381 e. The average Bonchev–Trinajstić information content (AvgIpc) is 2.67. The highest BCUT2D eigenvalue weighted by molar-refractivity contribution is 5.83. The van der Waals surface area contributed by atoms with Crippen LogP contribution >= 0.6 is 0 Å². The van der Waals surface area contributed by atoms with Gasteiger partial charge in [0.2, 0.25) is 0 Å². The summed E-state index contributed by atoms with van der Waals surface area (Å²) in [5, 5.41) is 0. The van der Waals surface area contributed by atoms with Gasteiger partial charge in [-0.05, 0) is 37.5 Å². The first-order valence-corrected chi connectivity index (χ1v) is 6.28. The molecule has 2 fully saturated rings. The molecule has 3 atom stereocenters. The second-order valence-corrected chi connectivity index (χ2v) is 5.58. The monoisotopic (exact) mass is 210 g/mol. The third-order valence-electron chi connectivity index (χ3n) is 3.91. The van der Waals surface area contributed by atoms with Crippen LogP contribution in [0, 0.1) is 23.7 Å².